The minimum absolute atomic E-state index is 0.111. The highest BCUT2D eigenvalue weighted by Crippen LogP contribution is 2.35. The highest BCUT2D eigenvalue weighted by molar-refractivity contribution is 5.88. The van der Waals surface area contributed by atoms with E-state index in [1.54, 1.807) is 24.3 Å². The molecule has 0 aliphatic heterocycles. The molecular weight excluding hydrogens is 346 g/mol. The maximum absolute atomic E-state index is 10.6. The van der Waals surface area contributed by atoms with E-state index in [1.807, 2.05) is 12.3 Å². The minimum atomic E-state index is -0.111. The van der Waals surface area contributed by atoms with E-state index in [0.29, 0.717) is 11.3 Å². The van der Waals surface area contributed by atoms with Gasteiger partial charge in [0.05, 0.1) is 17.1 Å². The zero-order valence-corrected chi connectivity index (χ0v) is 16.2. The lowest BCUT2D eigenvalue weighted by Crippen LogP contribution is -2.05. The van der Waals surface area contributed by atoms with Crippen molar-refractivity contribution in [2.75, 3.05) is 5.32 Å². The molecule has 142 valence electrons. The second kappa shape index (κ2) is 9.66. The lowest BCUT2D eigenvalue weighted by atomic mass is 9.83. The first-order valence-corrected chi connectivity index (χ1v) is 9.79. The van der Waals surface area contributed by atoms with Crippen LogP contribution in [0.15, 0.2) is 60.8 Å². The molecule has 1 heterocycles. The van der Waals surface area contributed by atoms with Crippen molar-refractivity contribution in [1.82, 2.24) is 4.98 Å². The summed E-state index contributed by atoms with van der Waals surface area (Å²) in [4.78, 5) is 15.0. The van der Waals surface area contributed by atoms with E-state index in [0.717, 1.165) is 11.4 Å². The summed E-state index contributed by atoms with van der Waals surface area (Å²) in [6.45, 7) is 1.44. The number of amides is 1. The molecule has 0 saturated heterocycles. The Morgan fingerprint density at radius 2 is 1.75 bits per heavy atom. The number of rotatable bonds is 2. The summed E-state index contributed by atoms with van der Waals surface area (Å²) in [5.74, 6) is 0.654. The predicted molar refractivity (Wildman–Crippen MR) is 113 cm³/mol. The number of nitrogens with zero attached hydrogens (tertiary/aromatic N) is 2. The molecule has 0 unspecified atom stereocenters. The number of nitrogens with one attached hydrogen (secondary N) is 1. The van der Waals surface area contributed by atoms with Crippen LogP contribution in [0.1, 0.15) is 56.1 Å². The summed E-state index contributed by atoms with van der Waals surface area (Å²) in [7, 11) is 0. The summed E-state index contributed by atoms with van der Waals surface area (Å²) in [5, 5.41) is 12.4. The Morgan fingerprint density at radius 1 is 1.04 bits per heavy atom. The number of hydrogen-bond donors (Lipinski definition) is 1. The molecule has 2 aromatic carbocycles. The van der Waals surface area contributed by atoms with E-state index >= 15 is 0 Å². The van der Waals surface area contributed by atoms with Crippen LogP contribution in [0, 0.1) is 11.3 Å². The normalized spacial score (nSPS) is 13.9. The van der Waals surface area contributed by atoms with Gasteiger partial charge in [0.25, 0.3) is 0 Å². The Bertz CT molecular complexity index is 962. The number of hydrogen-bond acceptors (Lipinski definition) is 3. The van der Waals surface area contributed by atoms with Crippen molar-refractivity contribution in [3.63, 3.8) is 0 Å². The van der Waals surface area contributed by atoms with Crippen LogP contribution in [0.3, 0.4) is 0 Å². The summed E-state index contributed by atoms with van der Waals surface area (Å²) in [5.41, 5.74) is 3.96. The third-order valence-corrected chi connectivity index (χ3v) is 5.06. The quantitative estimate of drug-likeness (QED) is 0.619. The molecule has 4 nitrogen and oxygen atoms in total. The molecule has 0 bridgehead atoms. The maximum Gasteiger partial charge on any atom is 0.221 e. The molecule has 1 N–H and O–H groups in total. The third-order valence-electron chi connectivity index (χ3n) is 5.06. The zero-order valence-electron chi connectivity index (χ0n) is 16.2. The third kappa shape index (κ3) is 5.17. The first-order valence-electron chi connectivity index (χ1n) is 9.79. The van der Waals surface area contributed by atoms with Crippen molar-refractivity contribution < 1.29 is 4.79 Å². The van der Waals surface area contributed by atoms with Crippen LogP contribution in [0.5, 0.6) is 0 Å². The second-order valence-corrected chi connectivity index (χ2v) is 7.12. The predicted octanol–water partition coefficient (Wildman–Crippen LogP) is 5.80. The molecule has 4 heteroatoms. The monoisotopic (exact) mass is 371 g/mol. The molecular formula is C24H25N3O. The Labute approximate surface area is 166 Å². The number of carbonyl (C=O) groups excluding carboxylic acids is 1. The SMILES string of the molecule is CC(=O)Nc1ccc(C#N)cc1.c1ccc2c(C3CCCCC3)ccnc2c1. The average molecular weight is 371 g/mol. The fourth-order valence-electron chi connectivity index (χ4n) is 3.72. The number of benzene rings is 2. The average Bonchev–Trinajstić information content (AvgIpc) is 2.74. The van der Waals surface area contributed by atoms with Crippen molar-refractivity contribution in [1.29, 1.82) is 5.26 Å². The Kier molecular flexibility index (Phi) is 6.75. The molecule has 1 aromatic heterocycles. The van der Waals surface area contributed by atoms with Crippen molar-refractivity contribution in [3.05, 3.63) is 71.9 Å². The van der Waals surface area contributed by atoms with Crippen LogP contribution >= 0.6 is 0 Å². The number of aromatic nitrogens is 1. The summed E-state index contributed by atoms with van der Waals surface area (Å²) in [6.07, 6.45) is 8.87. The maximum atomic E-state index is 10.6. The molecule has 1 saturated carbocycles. The molecule has 0 radical (unpaired) electrons. The van der Waals surface area contributed by atoms with Crippen molar-refractivity contribution in [3.8, 4) is 6.07 Å². The van der Waals surface area contributed by atoms with Gasteiger partial charge in [-0.2, -0.15) is 5.26 Å². The van der Waals surface area contributed by atoms with Gasteiger partial charge in [0, 0.05) is 24.2 Å². The van der Waals surface area contributed by atoms with Crippen LogP contribution in [0.25, 0.3) is 10.9 Å². The summed E-state index contributed by atoms with van der Waals surface area (Å²) >= 11 is 0. The topological polar surface area (TPSA) is 65.8 Å². The number of fused-ring (bicyclic) bond motifs is 1. The Morgan fingerprint density at radius 3 is 2.43 bits per heavy atom. The first kappa shape index (κ1) is 19.6. The molecule has 28 heavy (non-hydrogen) atoms. The summed E-state index contributed by atoms with van der Waals surface area (Å²) in [6, 6.07) is 19.4. The number of para-hydroxylation sites is 1. The minimum Gasteiger partial charge on any atom is -0.326 e. The zero-order chi connectivity index (χ0) is 19.8. The first-order chi connectivity index (χ1) is 13.7. The lowest BCUT2D eigenvalue weighted by Gasteiger charge is -2.23. The fraction of sp³-hybridized carbons (Fsp3) is 0.292. The van der Waals surface area contributed by atoms with E-state index in [9.17, 15) is 4.79 Å². The summed E-state index contributed by atoms with van der Waals surface area (Å²) < 4.78 is 0. The molecule has 1 aliphatic rings. The van der Waals surface area contributed by atoms with E-state index in [1.165, 1.54) is 50.0 Å². The van der Waals surface area contributed by atoms with E-state index in [4.69, 9.17) is 5.26 Å². The van der Waals surface area contributed by atoms with Crippen molar-refractivity contribution >= 4 is 22.5 Å². The van der Waals surface area contributed by atoms with Gasteiger partial charge in [0.2, 0.25) is 5.91 Å². The van der Waals surface area contributed by atoms with Crippen LogP contribution in [0.2, 0.25) is 0 Å². The highest BCUT2D eigenvalue weighted by atomic mass is 16.1. The van der Waals surface area contributed by atoms with E-state index < -0.39 is 0 Å². The van der Waals surface area contributed by atoms with Crippen LogP contribution in [-0.2, 0) is 4.79 Å². The number of anilines is 1. The lowest BCUT2D eigenvalue weighted by molar-refractivity contribution is -0.114. The van der Waals surface area contributed by atoms with Crippen molar-refractivity contribution in [2.24, 2.45) is 0 Å². The van der Waals surface area contributed by atoms with Gasteiger partial charge < -0.3 is 5.32 Å². The molecule has 1 aliphatic carbocycles. The molecule has 3 aromatic rings. The second-order valence-electron chi connectivity index (χ2n) is 7.12. The number of pyridine rings is 1. The van der Waals surface area contributed by atoms with Gasteiger partial charge in [-0.15, -0.1) is 0 Å². The van der Waals surface area contributed by atoms with E-state index in [-0.39, 0.29) is 5.91 Å². The van der Waals surface area contributed by atoms with Gasteiger partial charge in [-0.1, -0.05) is 37.5 Å². The standard InChI is InChI=1S/C15H17N.C9H8N2O/c1-2-6-12(7-3-1)13-10-11-16-15-9-5-4-8-14(13)15;1-7(12)11-9-4-2-8(6-10)3-5-9/h4-5,8-12H,1-3,6-7H2;2-5H,1H3,(H,11,12). The van der Waals surface area contributed by atoms with Crippen LogP contribution in [0.4, 0.5) is 5.69 Å². The van der Waals surface area contributed by atoms with E-state index in [2.05, 4.69) is 40.6 Å². The number of nitriles is 1. The van der Waals surface area contributed by atoms with Gasteiger partial charge in [-0.25, -0.2) is 0 Å². The van der Waals surface area contributed by atoms with Crippen molar-refractivity contribution in [2.45, 2.75) is 44.9 Å². The van der Waals surface area contributed by atoms with Gasteiger partial charge in [0.1, 0.15) is 0 Å². The Balaban J connectivity index is 0.000000169. The molecule has 1 amide bonds. The fourth-order valence-corrected chi connectivity index (χ4v) is 3.72. The van der Waals surface area contributed by atoms with Gasteiger partial charge in [0.15, 0.2) is 0 Å². The highest BCUT2D eigenvalue weighted by Gasteiger charge is 2.17. The smallest absolute Gasteiger partial charge is 0.221 e. The van der Waals surface area contributed by atoms with Gasteiger partial charge >= 0.3 is 0 Å². The van der Waals surface area contributed by atoms with Crippen LogP contribution in [-0.4, -0.2) is 10.9 Å². The molecule has 0 spiro atoms. The largest absolute Gasteiger partial charge is 0.326 e. The molecule has 1 fully saturated rings. The van der Waals surface area contributed by atoms with Gasteiger partial charge in [-0.3, -0.25) is 9.78 Å². The molecule has 4 rings (SSSR count). The molecule has 0 atom stereocenters. The van der Waals surface area contributed by atoms with Gasteiger partial charge in [-0.05, 0) is 60.7 Å². The Hall–Kier alpha value is -3.19. The van der Waals surface area contributed by atoms with Crippen LogP contribution < -0.4 is 5.32 Å². The number of carbonyl (C=O) groups is 1.